The first-order chi connectivity index (χ1) is 15.0. The molecule has 0 N–H and O–H groups in total. The maximum atomic E-state index is 13.5. The molecule has 0 unspecified atom stereocenters. The van der Waals surface area contributed by atoms with Gasteiger partial charge in [-0.05, 0) is 48.7 Å². The third-order valence-electron chi connectivity index (χ3n) is 5.31. The molecule has 0 saturated carbocycles. The number of benzene rings is 1. The largest absolute Gasteiger partial charge is 0.352 e. The van der Waals surface area contributed by atoms with Gasteiger partial charge >= 0.3 is 5.69 Å². The van der Waals surface area contributed by atoms with Crippen molar-refractivity contribution in [2.24, 2.45) is 0 Å². The van der Waals surface area contributed by atoms with E-state index in [2.05, 4.69) is 23.9 Å². The molecule has 9 heteroatoms. The molecule has 5 rings (SSSR count). The van der Waals surface area contributed by atoms with E-state index in [4.69, 9.17) is 28.2 Å². The lowest BCUT2D eigenvalue weighted by molar-refractivity contribution is 0.720. The number of aromatic nitrogens is 5. The first kappa shape index (κ1) is 20.2. The molecule has 0 radical (unpaired) electrons. The van der Waals surface area contributed by atoms with E-state index >= 15 is 0 Å². The lowest BCUT2D eigenvalue weighted by Crippen LogP contribution is -2.28. The van der Waals surface area contributed by atoms with Crippen LogP contribution in [-0.4, -0.2) is 24.1 Å². The molecule has 6 nitrogen and oxygen atoms in total. The zero-order valence-corrected chi connectivity index (χ0v) is 19.1. The molecule has 0 amide bonds. The second kappa shape index (κ2) is 7.75. The summed E-state index contributed by atoms with van der Waals surface area (Å²) in [5, 5.41) is 6.59. The molecule has 1 aromatic carbocycles. The molecule has 0 fully saturated rings. The Balaban J connectivity index is 1.82. The number of hydrogen-bond acceptors (Lipinski definition) is 5. The van der Waals surface area contributed by atoms with E-state index in [1.165, 1.54) is 10.1 Å². The molecule has 0 saturated heterocycles. The Morgan fingerprint density at radius 3 is 2.61 bits per heavy atom. The molecule has 0 aliphatic heterocycles. The summed E-state index contributed by atoms with van der Waals surface area (Å²) in [5.74, 6) is 0.494. The van der Waals surface area contributed by atoms with Gasteiger partial charge in [0.05, 0.1) is 11.9 Å². The van der Waals surface area contributed by atoms with Crippen LogP contribution < -0.4 is 5.69 Å². The Hall–Kier alpha value is -2.74. The highest BCUT2D eigenvalue weighted by Crippen LogP contribution is 2.34. The van der Waals surface area contributed by atoms with Crippen molar-refractivity contribution in [3.8, 4) is 11.4 Å². The zero-order valence-electron chi connectivity index (χ0n) is 16.8. The lowest BCUT2D eigenvalue weighted by atomic mass is 10.1. The Morgan fingerprint density at radius 2 is 1.90 bits per heavy atom. The minimum Gasteiger partial charge on any atom is -0.278 e. The van der Waals surface area contributed by atoms with Crippen LogP contribution in [0.3, 0.4) is 0 Å². The predicted molar refractivity (Wildman–Crippen MR) is 126 cm³/mol. The van der Waals surface area contributed by atoms with E-state index in [-0.39, 0.29) is 5.69 Å². The number of thiophene rings is 1. The number of nitrogens with zero attached hydrogens (tertiary/aromatic N) is 5. The topological polar surface area (TPSA) is 65.1 Å². The fourth-order valence-corrected chi connectivity index (χ4v) is 5.50. The Morgan fingerprint density at radius 1 is 1.13 bits per heavy atom. The van der Waals surface area contributed by atoms with Gasteiger partial charge in [0.25, 0.3) is 0 Å². The highest BCUT2D eigenvalue weighted by Gasteiger charge is 2.22. The van der Waals surface area contributed by atoms with E-state index in [1.807, 2.05) is 18.2 Å². The summed E-state index contributed by atoms with van der Waals surface area (Å²) in [6.07, 6.45) is 4.20. The first-order valence-corrected chi connectivity index (χ1v) is 11.3. The summed E-state index contributed by atoms with van der Waals surface area (Å²) >= 11 is 14.1. The highest BCUT2D eigenvalue weighted by molar-refractivity contribution is 7.19. The molecule has 31 heavy (non-hydrogen) atoms. The van der Waals surface area contributed by atoms with E-state index in [0.717, 1.165) is 32.6 Å². The zero-order chi connectivity index (χ0) is 21.7. The predicted octanol–water partition coefficient (Wildman–Crippen LogP) is 5.39. The molecule has 4 heterocycles. The van der Waals surface area contributed by atoms with Crippen molar-refractivity contribution in [1.29, 1.82) is 0 Å². The van der Waals surface area contributed by atoms with Gasteiger partial charge < -0.3 is 0 Å². The summed E-state index contributed by atoms with van der Waals surface area (Å²) < 4.78 is 3.12. The van der Waals surface area contributed by atoms with Crippen LogP contribution in [0.1, 0.15) is 22.9 Å². The second-order valence-corrected chi connectivity index (χ2v) is 9.23. The maximum Gasteiger partial charge on any atom is 0.352 e. The highest BCUT2D eigenvalue weighted by atomic mass is 35.5. The number of fused-ring (bicyclic) bond motifs is 3. The summed E-state index contributed by atoms with van der Waals surface area (Å²) in [7, 11) is 0. The molecular formula is C22H17Cl2N5OS. The molecule has 0 spiro atoms. The van der Waals surface area contributed by atoms with Gasteiger partial charge in [0.1, 0.15) is 4.83 Å². The van der Waals surface area contributed by atoms with Crippen LogP contribution in [0.25, 0.3) is 27.3 Å². The van der Waals surface area contributed by atoms with Crippen LogP contribution in [0.4, 0.5) is 0 Å². The molecule has 156 valence electrons. The number of hydrogen-bond donors (Lipinski definition) is 0. The second-order valence-electron chi connectivity index (χ2n) is 7.18. The lowest BCUT2D eigenvalue weighted by Gasteiger charge is -2.10. The molecule has 0 atom stereocenters. The fourth-order valence-electron chi connectivity index (χ4n) is 3.80. The minimum atomic E-state index is -0.259. The maximum absolute atomic E-state index is 13.5. The van der Waals surface area contributed by atoms with Crippen molar-refractivity contribution in [2.75, 3.05) is 0 Å². The molecule has 0 aliphatic rings. The summed E-state index contributed by atoms with van der Waals surface area (Å²) in [5.41, 5.74) is 3.11. The van der Waals surface area contributed by atoms with E-state index < -0.39 is 0 Å². The number of pyridine rings is 1. The minimum absolute atomic E-state index is 0.259. The fraction of sp³-hybridized carbons (Fsp3) is 0.182. The van der Waals surface area contributed by atoms with Crippen molar-refractivity contribution < 1.29 is 0 Å². The van der Waals surface area contributed by atoms with Gasteiger partial charge in [0.2, 0.25) is 0 Å². The van der Waals surface area contributed by atoms with Crippen molar-refractivity contribution >= 4 is 50.4 Å². The molecule has 5 aromatic rings. The van der Waals surface area contributed by atoms with Crippen LogP contribution in [0.2, 0.25) is 10.0 Å². The van der Waals surface area contributed by atoms with Gasteiger partial charge in [-0.3, -0.25) is 9.55 Å². The number of halogens is 2. The van der Waals surface area contributed by atoms with E-state index in [9.17, 15) is 4.79 Å². The van der Waals surface area contributed by atoms with Crippen LogP contribution in [-0.2, 0) is 13.0 Å². The summed E-state index contributed by atoms with van der Waals surface area (Å²) in [4.78, 5) is 24.4. The molecule has 0 aliphatic carbocycles. The van der Waals surface area contributed by atoms with Crippen LogP contribution >= 0.6 is 34.5 Å². The van der Waals surface area contributed by atoms with Gasteiger partial charge in [-0.2, -0.15) is 4.52 Å². The van der Waals surface area contributed by atoms with Crippen LogP contribution in [0.5, 0.6) is 0 Å². The average molecular weight is 470 g/mol. The summed E-state index contributed by atoms with van der Waals surface area (Å²) in [6.45, 7) is 4.50. The van der Waals surface area contributed by atoms with Gasteiger partial charge in [-0.1, -0.05) is 36.2 Å². The van der Waals surface area contributed by atoms with Crippen molar-refractivity contribution in [3.63, 3.8) is 0 Å². The molecule has 0 bridgehead atoms. The quantitative estimate of drug-likeness (QED) is 0.353. The average Bonchev–Trinajstić information content (AvgIpc) is 3.34. The number of rotatable bonds is 4. The Labute approximate surface area is 191 Å². The monoisotopic (exact) mass is 469 g/mol. The Kier molecular flexibility index (Phi) is 5.04. The van der Waals surface area contributed by atoms with Gasteiger partial charge in [0, 0.05) is 32.9 Å². The van der Waals surface area contributed by atoms with Crippen molar-refractivity contribution in [2.45, 2.75) is 26.8 Å². The van der Waals surface area contributed by atoms with Gasteiger partial charge in [-0.25, -0.2) is 9.78 Å². The standard InChI is InChI=1S/C22H17Cl2N5OS/c1-3-16-12(2)31-21-18(16)20-26-19(13-6-8-25-9-7-13)27-29(20)22(30)28(21)11-14-4-5-15(23)10-17(14)24/h4-10H,3,11H2,1-2H3. The van der Waals surface area contributed by atoms with Crippen LogP contribution in [0, 0.1) is 6.92 Å². The van der Waals surface area contributed by atoms with Gasteiger partial charge in [-0.15, -0.1) is 16.4 Å². The smallest absolute Gasteiger partial charge is 0.278 e. The SMILES string of the molecule is CCc1c(C)sc2c1c1nc(-c3ccncc3)nn1c(=O)n2Cc1ccc(Cl)cc1Cl. The molecule has 4 aromatic heterocycles. The normalized spacial score (nSPS) is 11.6. The van der Waals surface area contributed by atoms with Crippen molar-refractivity contribution in [1.82, 2.24) is 24.1 Å². The van der Waals surface area contributed by atoms with Gasteiger partial charge in [0.15, 0.2) is 11.5 Å². The third kappa shape index (κ3) is 3.33. The Bertz CT molecular complexity index is 1500. The first-order valence-electron chi connectivity index (χ1n) is 9.73. The van der Waals surface area contributed by atoms with Crippen LogP contribution in [0.15, 0.2) is 47.5 Å². The van der Waals surface area contributed by atoms with E-state index in [0.29, 0.717) is 28.1 Å². The summed E-state index contributed by atoms with van der Waals surface area (Å²) in [6, 6.07) is 8.97. The van der Waals surface area contributed by atoms with E-state index in [1.54, 1.807) is 40.4 Å². The van der Waals surface area contributed by atoms with Crippen molar-refractivity contribution in [3.05, 3.63) is 79.3 Å². The third-order valence-corrected chi connectivity index (χ3v) is 7.07. The number of aryl methyl sites for hydroxylation is 2. The molecular weight excluding hydrogens is 453 g/mol.